The summed E-state index contributed by atoms with van der Waals surface area (Å²) in [5.41, 5.74) is 4.98. The highest BCUT2D eigenvalue weighted by molar-refractivity contribution is 6.85. The molecule has 3 heteroatoms. The van der Waals surface area contributed by atoms with Gasteiger partial charge in [0, 0.05) is 8.07 Å². The molecule has 0 aliphatic rings. The normalized spacial score (nSPS) is 12.2. The zero-order valence-corrected chi connectivity index (χ0v) is 13.7. The van der Waals surface area contributed by atoms with Gasteiger partial charge in [0.25, 0.3) is 0 Å². The summed E-state index contributed by atoms with van der Waals surface area (Å²) in [6.07, 6.45) is 2.21. The van der Waals surface area contributed by atoms with Crippen molar-refractivity contribution in [3.63, 3.8) is 0 Å². The van der Waals surface area contributed by atoms with Gasteiger partial charge in [-0.1, -0.05) is 73.1 Å². The summed E-state index contributed by atoms with van der Waals surface area (Å²) in [7, 11) is 1.02. The van der Waals surface area contributed by atoms with Crippen LogP contribution >= 0.6 is 0 Å². The average Bonchev–Trinajstić information content (AvgIpc) is 2.24. The van der Waals surface area contributed by atoms with Crippen LogP contribution in [0, 0.1) is 0 Å². The third kappa shape index (κ3) is 5.63. The molecule has 0 aliphatic heterocycles. The van der Waals surface area contributed by atoms with E-state index in [0.717, 1.165) is 19.0 Å². The van der Waals surface area contributed by atoms with E-state index in [4.69, 9.17) is 0 Å². The summed E-state index contributed by atoms with van der Waals surface area (Å²) in [5, 5.41) is 1.51. The van der Waals surface area contributed by atoms with Crippen LogP contribution in [0.25, 0.3) is 6.08 Å². The summed E-state index contributed by atoms with van der Waals surface area (Å²) < 4.78 is 0. The van der Waals surface area contributed by atoms with Crippen molar-refractivity contribution in [1.82, 2.24) is 0 Å². The second kappa shape index (κ2) is 6.37. The molecule has 1 rings (SSSR count). The number of rotatable bonds is 5. The molecule has 0 aliphatic carbocycles. The van der Waals surface area contributed by atoms with Crippen LogP contribution in [0.4, 0.5) is 0 Å². The van der Waals surface area contributed by atoms with Crippen molar-refractivity contribution in [3.05, 3.63) is 35.5 Å². The molecule has 0 amide bonds. The number of hydrogen-bond acceptors (Lipinski definition) is 0. The minimum absolute atomic E-state index is 0.875. The molecule has 0 nitrogen and oxygen atoms in total. The highest BCUT2D eigenvalue weighted by atomic mass is 28.4. The van der Waals surface area contributed by atoms with Crippen LogP contribution in [-0.2, 0) is 0 Å². The van der Waals surface area contributed by atoms with Gasteiger partial charge in [-0.05, 0) is 5.56 Å². The Bertz CT molecular complexity index is 333. The summed E-state index contributed by atoms with van der Waals surface area (Å²) in [4.78, 5) is 0. The predicted octanol–water partition coefficient (Wildman–Crippen LogP) is 3.03. The van der Waals surface area contributed by atoms with Gasteiger partial charge in [-0.2, -0.15) is 0 Å². The Hall–Kier alpha value is -0.389. The molecule has 0 atom stereocenters. The standard InChI is InChI=1S/C13H20Si3/c1-14-10-9-12-5-7-13(8-6-12)15-11-16(2,3)4/h5-10H,11H2,1-4H3. The van der Waals surface area contributed by atoms with E-state index in [-0.39, 0.29) is 0 Å². The first-order valence-electron chi connectivity index (χ1n) is 5.69. The van der Waals surface area contributed by atoms with E-state index < -0.39 is 8.07 Å². The first-order valence-corrected chi connectivity index (χ1v) is 12.2. The van der Waals surface area contributed by atoms with E-state index in [9.17, 15) is 0 Å². The zero-order valence-electron chi connectivity index (χ0n) is 10.7. The fourth-order valence-electron chi connectivity index (χ4n) is 1.26. The third-order valence-electron chi connectivity index (χ3n) is 2.18. The molecule has 0 aromatic heterocycles. The lowest BCUT2D eigenvalue weighted by molar-refractivity contribution is 1.62. The Kier molecular flexibility index (Phi) is 5.45. The van der Waals surface area contributed by atoms with Gasteiger partial charge in [-0.3, -0.25) is 0 Å². The van der Waals surface area contributed by atoms with Gasteiger partial charge in [0.1, 0.15) is 0 Å². The van der Waals surface area contributed by atoms with Gasteiger partial charge >= 0.3 is 0 Å². The van der Waals surface area contributed by atoms with Crippen LogP contribution in [0.5, 0.6) is 0 Å². The van der Waals surface area contributed by atoms with Crippen molar-refractivity contribution < 1.29 is 0 Å². The van der Waals surface area contributed by atoms with Gasteiger partial charge in [0.15, 0.2) is 0 Å². The van der Waals surface area contributed by atoms with Gasteiger partial charge in [0.05, 0.1) is 19.0 Å². The minimum Gasteiger partial charge on any atom is -0.0985 e. The molecular formula is C13H20Si3. The minimum atomic E-state index is -0.875. The Labute approximate surface area is 106 Å². The van der Waals surface area contributed by atoms with Gasteiger partial charge in [0.2, 0.25) is 0 Å². The lowest BCUT2D eigenvalue weighted by Gasteiger charge is -2.14. The van der Waals surface area contributed by atoms with Crippen molar-refractivity contribution in [2.24, 2.45) is 0 Å². The molecule has 0 heterocycles. The molecular weight excluding hydrogens is 240 g/mol. The van der Waals surface area contributed by atoms with Crippen molar-refractivity contribution in [1.29, 1.82) is 0 Å². The highest BCUT2D eigenvalue weighted by Crippen LogP contribution is 2.06. The van der Waals surface area contributed by atoms with E-state index in [2.05, 4.69) is 62.2 Å². The van der Waals surface area contributed by atoms with Gasteiger partial charge in [-0.25, -0.2) is 0 Å². The Morgan fingerprint density at radius 3 is 2.25 bits per heavy atom. The topological polar surface area (TPSA) is 0 Å². The molecule has 1 aromatic carbocycles. The molecule has 0 saturated carbocycles. The molecule has 0 spiro atoms. The maximum Gasteiger partial charge on any atom is 0.0778 e. The second-order valence-electron chi connectivity index (χ2n) is 5.16. The van der Waals surface area contributed by atoms with Crippen molar-refractivity contribution in [3.8, 4) is 0 Å². The van der Waals surface area contributed by atoms with E-state index in [0.29, 0.717) is 0 Å². The first-order chi connectivity index (χ1) is 7.51. The van der Waals surface area contributed by atoms with E-state index in [1.807, 2.05) is 0 Å². The Balaban J connectivity index is 2.55. The van der Waals surface area contributed by atoms with E-state index in [1.54, 1.807) is 0 Å². The Morgan fingerprint density at radius 1 is 1.12 bits per heavy atom. The van der Waals surface area contributed by atoms with Crippen LogP contribution in [0.15, 0.2) is 30.0 Å². The molecule has 0 unspecified atom stereocenters. The maximum absolute atomic E-state index is 2.44. The quantitative estimate of drug-likeness (QED) is 0.714. The SMILES string of the molecule is C[Si]C=Cc1ccc([Si]C[Si](C)(C)C)cc1. The van der Waals surface area contributed by atoms with Gasteiger partial charge in [-0.15, -0.1) is 0 Å². The third-order valence-corrected chi connectivity index (χ3v) is 8.37. The van der Waals surface area contributed by atoms with Crippen LogP contribution in [0.3, 0.4) is 0 Å². The largest absolute Gasteiger partial charge is 0.0985 e. The Morgan fingerprint density at radius 2 is 1.75 bits per heavy atom. The van der Waals surface area contributed by atoms with Crippen LogP contribution in [0.2, 0.25) is 31.9 Å². The molecule has 0 N–H and O–H groups in total. The molecule has 84 valence electrons. The van der Waals surface area contributed by atoms with Gasteiger partial charge < -0.3 is 0 Å². The molecule has 1 aromatic rings. The highest BCUT2D eigenvalue weighted by Gasteiger charge is 2.12. The van der Waals surface area contributed by atoms with E-state index >= 15 is 0 Å². The predicted molar refractivity (Wildman–Crippen MR) is 80.6 cm³/mol. The number of hydrogen-bond donors (Lipinski definition) is 0. The monoisotopic (exact) mass is 260 g/mol. The second-order valence-corrected chi connectivity index (χ2v) is 13.5. The fraction of sp³-hybridized carbons (Fsp3) is 0.385. The molecule has 4 radical (unpaired) electrons. The van der Waals surface area contributed by atoms with Crippen molar-refractivity contribution in [2.45, 2.75) is 31.9 Å². The number of benzene rings is 1. The summed E-state index contributed by atoms with van der Waals surface area (Å²) >= 11 is 0. The average molecular weight is 261 g/mol. The maximum atomic E-state index is 2.44. The van der Waals surface area contributed by atoms with Crippen LogP contribution in [0.1, 0.15) is 5.56 Å². The summed E-state index contributed by atoms with van der Waals surface area (Å²) in [5.74, 6) is 0. The van der Waals surface area contributed by atoms with Crippen molar-refractivity contribution in [2.75, 3.05) is 0 Å². The van der Waals surface area contributed by atoms with E-state index in [1.165, 1.54) is 16.4 Å². The smallest absolute Gasteiger partial charge is 0.0778 e. The fourth-order valence-corrected chi connectivity index (χ4v) is 4.96. The first kappa shape index (κ1) is 13.7. The molecule has 16 heavy (non-hydrogen) atoms. The molecule has 0 saturated heterocycles. The van der Waals surface area contributed by atoms with Crippen LogP contribution < -0.4 is 5.19 Å². The lowest BCUT2D eigenvalue weighted by atomic mass is 10.2. The van der Waals surface area contributed by atoms with Crippen molar-refractivity contribution >= 4 is 38.4 Å². The molecule has 0 fully saturated rings. The molecule has 0 bridgehead atoms. The lowest BCUT2D eigenvalue weighted by Crippen LogP contribution is -2.27. The van der Waals surface area contributed by atoms with Crippen LogP contribution in [-0.4, -0.2) is 27.1 Å². The summed E-state index contributed by atoms with van der Waals surface area (Å²) in [6.45, 7) is 9.53. The zero-order chi connectivity index (χ0) is 12.0. The summed E-state index contributed by atoms with van der Waals surface area (Å²) in [6, 6.07) is 9.06.